The van der Waals surface area contributed by atoms with Crippen LogP contribution in [0.4, 0.5) is 0 Å². The van der Waals surface area contributed by atoms with Crippen LogP contribution in [0.3, 0.4) is 0 Å². The summed E-state index contributed by atoms with van der Waals surface area (Å²) in [6.45, 7) is 4.40. The standard InChI is InChI=1S/C28H27BrN4O2/c1-35-25-7-3-2-6-23(25)28(34)32-16-20-14-31(15-21(20)17-32)18-24-27(19-9-11-22(29)12-10-19)30-26-8-4-5-13-33(24)26/h2-13,20-21H,14-18H2,1H3. The molecule has 0 N–H and O–H groups in total. The van der Waals surface area contributed by atoms with E-state index < -0.39 is 0 Å². The van der Waals surface area contributed by atoms with Crippen molar-refractivity contribution in [1.82, 2.24) is 19.2 Å². The second-order valence-electron chi connectivity index (χ2n) is 9.47. The van der Waals surface area contributed by atoms with Gasteiger partial charge < -0.3 is 14.0 Å². The van der Waals surface area contributed by atoms with E-state index in [9.17, 15) is 4.79 Å². The third-order valence-corrected chi connectivity index (χ3v) is 7.84. The van der Waals surface area contributed by atoms with Gasteiger partial charge in [0.1, 0.15) is 11.4 Å². The van der Waals surface area contributed by atoms with Crippen LogP contribution in [0.15, 0.2) is 77.4 Å². The number of benzene rings is 2. The molecule has 2 fully saturated rings. The molecule has 2 aliphatic heterocycles. The first-order valence-electron chi connectivity index (χ1n) is 12.0. The Hall–Kier alpha value is -3.16. The van der Waals surface area contributed by atoms with E-state index in [1.807, 2.05) is 35.2 Å². The van der Waals surface area contributed by atoms with E-state index in [-0.39, 0.29) is 5.91 Å². The first-order chi connectivity index (χ1) is 17.1. The van der Waals surface area contributed by atoms with Gasteiger partial charge >= 0.3 is 0 Å². The Labute approximate surface area is 213 Å². The summed E-state index contributed by atoms with van der Waals surface area (Å²) in [4.78, 5) is 22.7. The molecule has 6 nitrogen and oxygen atoms in total. The predicted molar refractivity (Wildman–Crippen MR) is 139 cm³/mol. The number of pyridine rings is 1. The lowest BCUT2D eigenvalue weighted by atomic mass is 10.0. The zero-order valence-corrected chi connectivity index (χ0v) is 21.2. The molecule has 4 aromatic rings. The fourth-order valence-corrected chi connectivity index (χ4v) is 5.89. The number of amides is 1. The molecule has 2 atom stereocenters. The number of nitrogens with zero attached hydrogens (tertiary/aromatic N) is 4. The Bertz CT molecular complexity index is 1370. The van der Waals surface area contributed by atoms with Crippen LogP contribution in [0.5, 0.6) is 5.75 Å². The second-order valence-corrected chi connectivity index (χ2v) is 10.4. The highest BCUT2D eigenvalue weighted by atomic mass is 79.9. The number of carbonyl (C=O) groups is 1. The fourth-order valence-electron chi connectivity index (χ4n) is 5.63. The van der Waals surface area contributed by atoms with Crippen molar-refractivity contribution in [3.05, 3.63) is 88.7 Å². The molecule has 2 aliphatic rings. The van der Waals surface area contributed by atoms with Gasteiger partial charge in [0.05, 0.1) is 24.1 Å². The molecular formula is C28H27BrN4O2. The van der Waals surface area contributed by atoms with Gasteiger partial charge in [-0.15, -0.1) is 0 Å². The van der Waals surface area contributed by atoms with Gasteiger partial charge in [-0.1, -0.05) is 46.3 Å². The number of fused-ring (bicyclic) bond motifs is 2. The summed E-state index contributed by atoms with van der Waals surface area (Å²) in [6.07, 6.45) is 2.10. The molecule has 2 unspecified atom stereocenters. The summed E-state index contributed by atoms with van der Waals surface area (Å²) in [6, 6.07) is 22.0. The molecule has 0 radical (unpaired) electrons. The lowest BCUT2D eigenvalue weighted by Gasteiger charge is -2.22. The Morgan fingerprint density at radius 2 is 1.69 bits per heavy atom. The number of hydrogen-bond acceptors (Lipinski definition) is 4. The smallest absolute Gasteiger partial charge is 0.257 e. The molecular weight excluding hydrogens is 504 g/mol. The molecule has 7 heteroatoms. The summed E-state index contributed by atoms with van der Waals surface area (Å²) in [5.74, 6) is 1.69. The van der Waals surface area contributed by atoms with Crippen LogP contribution in [0.2, 0.25) is 0 Å². The molecule has 4 heterocycles. The van der Waals surface area contributed by atoms with Gasteiger partial charge in [0, 0.05) is 49.0 Å². The highest BCUT2D eigenvalue weighted by Crippen LogP contribution is 2.35. The maximum absolute atomic E-state index is 13.2. The maximum Gasteiger partial charge on any atom is 0.257 e. The van der Waals surface area contributed by atoms with Gasteiger partial charge in [-0.2, -0.15) is 0 Å². The monoisotopic (exact) mass is 530 g/mol. The van der Waals surface area contributed by atoms with Crippen molar-refractivity contribution >= 4 is 27.5 Å². The van der Waals surface area contributed by atoms with E-state index >= 15 is 0 Å². The lowest BCUT2D eigenvalue weighted by molar-refractivity contribution is 0.0770. The topological polar surface area (TPSA) is 50.1 Å². The number of ether oxygens (including phenoxy) is 1. The number of likely N-dealkylation sites (tertiary alicyclic amines) is 2. The minimum atomic E-state index is 0.0720. The number of halogens is 1. The summed E-state index contributed by atoms with van der Waals surface area (Å²) < 4.78 is 8.69. The molecule has 1 amide bonds. The Morgan fingerprint density at radius 3 is 2.43 bits per heavy atom. The molecule has 35 heavy (non-hydrogen) atoms. The summed E-state index contributed by atoms with van der Waals surface area (Å²) in [7, 11) is 1.62. The number of rotatable bonds is 5. The molecule has 0 spiro atoms. The van der Waals surface area contributed by atoms with Crippen LogP contribution in [0, 0.1) is 11.8 Å². The van der Waals surface area contributed by atoms with Crippen LogP contribution in [-0.4, -0.2) is 58.4 Å². The number of carbonyl (C=O) groups excluding carboxylic acids is 1. The number of para-hydroxylation sites is 1. The van der Waals surface area contributed by atoms with Crippen LogP contribution >= 0.6 is 15.9 Å². The summed E-state index contributed by atoms with van der Waals surface area (Å²) >= 11 is 3.54. The fraction of sp³-hybridized carbons (Fsp3) is 0.286. The second kappa shape index (κ2) is 9.13. The lowest BCUT2D eigenvalue weighted by Crippen LogP contribution is -2.33. The van der Waals surface area contributed by atoms with Gasteiger partial charge in [0.15, 0.2) is 0 Å². The number of hydrogen-bond donors (Lipinski definition) is 0. The van der Waals surface area contributed by atoms with E-state index in [0.29, 0.717) is 23.1 Å². The minimum Gasteiger partial charge on any atom is -0.496 e. The van der Waals surface area contributed by atoms with Crippen LogP contribution in [0.25, 0.3) is 16.9 Å². The molecule has 2 saturated heterocycles. The summed E-state index contributed by atoms with van der Waals surface area (Å²) in [5.41, 5.74) is 4.99. The van der Waals surface area contributed by atoms with Crippen molar-refractivity contribution in [3.8, 4) is 17.0 Å². The quantitative estimate of drug-likeness (QED) is 0.365. The van der Waals surface area contributed by atoms with E-state index in [0.717, 1.165) is 54.1 Å². The third kappa shape index (κ3) is 4.13. The Balaban J connectivity index is 1.20. The van der Waals surface area contributed by atoms with E-state index in [1.54, 1.807) is 7.11 Å². The largest absolute Gasteiger partial charge is 0.496 e. The molecule has 0 aliphatic carbocycles. The zero-order chi connectivity index (χ0) is 23.9. The van der Waals surface area contributed by atoms with Crippen molar-refractivity contribution in [3.63, 3.8) is 0 Å². The average Bonchev–Trinajstić information content (AvgIpc) is 3.56. The first-order valence-corrected chi connectivity index (χ1v) is 12.8. The van der Waals surface area contributed by atoms with Gasteiger partial charge in [0.2, 0.25) is 0 Å². The number of methoxy groups -OCH3 is 1. The zero-order valence-electron chi connectivity index (χ0n) is 19.6. The van der Waals surface area contributed by atoms with E-state index in [1.165, 1.54) is 5.69 Å². The predicted octanol–water partition coefficient (Wildman–Crippen LogP) is 4.98. The normalized spacial score (nSPS) is 19.9. The Kier molecular flexibility index (Phi) is 5.82. The highest BCUT2D eigenvalue weighted by molar-refractivity contribution is 9.10. The molecule has 0 saturated carbocycles. The number of aromatic nitrogens is 2. The van der Waals surface area contributed by atoms with Crippen molar-refractivity contribution in [2.75, 3.05) is 33.3 Å². The molecule has 6 rings (SSSR count). The third-order valence-electron chi connectivity index (χ3n) is 7.31. The molecule has 178 valence electrons. The SMILES string of the molecule is COc1ccccc1C(=O)N1CC2CN(Cc3c(-c4ccc(Br)cc4)nc4ccccn34)CC2C1. The van der Waals surface area contributed by atoms with E-state index in [2.05, 4.69) is 67.8 Å². The van der Waals surface area contributed by atoms with Gasteiger partial charge in [0.25, 0.3) is 5.91 Å². The minimum absolute atomic E-state index is 0.0720. The summed E-state index contributed by atoms with van der Waals surface area (Å²) in [5, 5.41) is 0. The van der Waals surface area contributed by atoms with Crippen LogP contribution < -0.4 is 4.74 Å². The van der Waals surface area contributed by atoms with Crippen molar-refractivity contribution < 1.29 is 9.53 Å². The highest BCUT2D eigenvalue weighted by Gasteiger charge is 2.42. The molecule has 0 bridgehead atoms. The van der Waals surface area contributed by atoms with Crippen LogP contribution in [0.1, 0.15) is 16.1 Å². The van der Waals surface area contributed by atoms with Gasteiger partial charge in [-0.3, -0.25) is 9.69 Å². The van der Waals surface area contributed by atoms with Crippen molar-refractivity contribution in [2.45, 2.75) is 6.54 Å². The number of imidazole rings is 1. The Morgan fingerprint density at radius 1 is 0.971 bits per heavy atom. The molecule has 2 aromatic carbocycles. The van der Waals surface area contributed by atoms with Crippen molar-refractivity contribution in [1.29, 1.82) is 0 Å². The van der Waals surface area contributed by atoms with E-state index in [4.69, 9.17) is 9.72 Å². The van der Waals surface area contributed by atoms with Gasteiger partial charge in [-0.05, 0) is 48.2 Å². The van der Waals surface area contributed by atoms with Crippen molar-refractivity contribution in [2.24, 2.45) is 11.8 Å². The average molecular weight is 531 g/mol. The first kappa shape index (κ1) is 22.3. The van der Waals surface area contributed by atoms with Crippen LogP contribution in [-0.2, 0) is 6.54 Å². The van der Waals surface area contributed by atoms with Gasteiger partial charge in [-0.25, -0.2) is 4.98 Å². The molecule has 2 aromatic heterocycles. The maximum atomic E-state index is 13.2.